The summed E-state index contributed by atoms with van der Waals surface area (Å²) in [6.45, 7) is 7.18. The second-order valence-electron chi connectivity index (χ2n) is 5.10. The zero-order chi connectivity index (χ0) is 9.68. The molecule has 0 bridgehead atoms. The van der Waals surface area contributed by atoms with Crippen LogP contribution in [0, 0.1) is 17.8 Å². The maximum absolute atomic E-state index is 2.45. The Morgan fingerprint density at radius 3 is 2.15 bits per heavy atom. The lowest BCUT2D eigenvalue weighted by molar-refractivity contribution is 0.249. The molecule has 0 heteroatoms. The third kappa shape index (κ3) is 3.70. The van der Waals surface area contributed by atoms with Crippen LogP contribution in [-0.2, 0) is 0 Å². The van der Waals surface area contributed by atoms with Crippen molar-refractivity contribution in [3.63, 3.8) is 0 Å². The molecule has 0 N–H and O–H groups in total. The van der Waals surface area contributed by atoms with Gasteiger partial charge in [-0.3, -0.25) is 0 Å². The highest BCUT2D eigenvalue weighted by atomic mass is 14.2. The largest absolute Gasteiger partial charge is 0.0651 e. The molecule has 0 heterocycles. The summed E-state index contributed by atoms with van der Waals surface area (Å²) in [7, 11) is 0. The number of hydrogen-bond donors (Lipinski definition) is 0. The lowest BCUT2D eigenvalue weighted by atomic mass is 9.79. The molecule has 0 saturated heterocycles. The third-order valence-corrected chi connectivity index (χ3v) is 4.05. The van der Waals surface area contributed by atoms with Crippen LogP contribution in [0.5, 0.6) is 0 Å². The summed E-state index contributed by atoms with van der Waals surface area (Å²) in [6.07, 6.45) is 10.4. The molecule has 0 radical (unpaired) electrons. The highest BCUT2D eigenvalue weighted by Crippen LogP contribution is 2.31. The van der Waals surface area contributed by atoms with E-state index in [0.29, 0.717) is 0 Å². The van der Waals surface area contributed by atoms with Crippen molar-refractivity contribution in [2.75, 3.05) is 0 Å². The minimum atomic E-state index is 0.932. The van der Waals surface area contributed by atoms with E-state index in [4.69, 9.17) is 0 Å². The van der Waals surface area contributed by atoms with Gasteiger partial charge in [-0.15, -0.1) is 0 Å². The predicted molar refractivity (Wildman–Crippen MR) is 59.8 cm³/mol. The van der Waals surface area contributed by atoms with E-state index in [2.05, 4.69) is 20.8 Å². The fourth-order valence-electron chi connectivity index (χ4n) is 2.58. The molecule has 13 heavy (non-hydrogen) atoms. The van der Waals surface area contributed by atoms with Gasteiger partial charge in [0.1, 0.15) is 0 Å². The van der Waals surface area contributed by atoms with Gasteiger partial charge >= 0.3 is 0 Å². The molecule has 0 aromatic rings. The summed E-state index contributed by atoms with van der Waals surface area (Å²) in [5.74, 6) is 2.95. The highest BCUT2D eigenvalue weighted by molar-refractivity contribution is 4.70. The van der Waals surface area contributed by atoms with Crippen molar-refractivity contribution in [2.24, 2.45) is 17.8 Å². The molecule has 1 fully saturated rings. The molecule has 78 valence electrons. The van der Waals surface area contributed by atoms with Crippen LogP contribution in [0.4, 0.5) is 0 Å². The first-order valence-electron chi connectivity index (χ1n) is 6.24. The molecular formula is C13H26. The van der Waals surface area contributed by atoms with Gasteiger partial charge in [-0.05, 0) is 24.2 Å². The van der Waals surface area contributed by atoms with E-state index in [0.717, 1.165) is 17.8 Å². The lowest BCUT2D eigenvalue weighted by Gasteiger charge is -2.27. The molecular weight excluding hydrogens is 156 g/mol. The maximum Gasteiger partial charge on any atom is -0.0412 e. The summed E-state index contributed by atoms with van der Waals surface area (Å²) in [4.78, 5) is 0. The minimum absolute atomic E-state index is 0.932. The van der Waals surface area contributed by atoms with Gasteiger partial charge in [0.05, 0.1) is 0 Å². The van der Waals surface area contributed by atoms with Crippen LogP contribution in [0.2, 0.25) is 0 Å². The first-order chi connectivity index (χ1) is 6.24. The zero-order valence-electron chi connectivity index (χ0n) is 9.68. The van der Waals surface area contributed by atoms with Crippen LogP contribution in [0.3, 0.4) is 0 Å². The van der Waals surface area contributed by atoms with Crippen molar-refractivity contribution < 1.29 is 0 Å². The second-order valence-corrected chi connectivity index (χ2v) is 5.10. The first kappa shape index (κ1) is 11.1. The van der Waals surface area contributed by atoms with Crippen LogP contribution in [0.25, 0.3) is 0 Å². The summed E-state index contributed by atoms with van der Waals surface area (Å²) < 4.78 is 0. The molecule has 0 aliphatic heterocycles. The summed E-state index contributed by atoms with van der Waals surface area (Å²) >= 11 is 0. The van der Waals surface area contributed by atoms with Gasteiger partial charge in [-0.1, -0.05) is 59.3 Å². The van der Waals surface area contributed by atoms with Crippen LogP contribution in [0.15, 0.2) is 0 Å². The maximum atomic E-state index is 2.45. The Labute approximate surface area is 84.1 Å². The van der Waals surface area contributed by atoms with Gasteiger partial charge in [0.2, 0.25) is 0 Å². The Balaban J connectivity index is 2.21. The molecule has 1 saturated carbocycles. The van der Waals surface area contributed by atoms with Gasteiger partial charge < -0.3 is 0 Å². The Morgan fingerprint density at radius 1 is 1.00 bits per heavy atom. The molecule has 2 atom stereocenters. The Bertz CT molecular complexity index is 122. The molecule has 0 amide bonds. The quantitative estimate of drug-likeness (QED) is 0.594. The molecule has 0 unspecified atom stereocenters. The molecule has 0 spiro atoms. The van der Waals surface area contributed by atoms with E-state index < -0.39 is 0 Å². The van der Waals surface area contributed by atoms with E-state index in [9.17, 15) is 0 Å². The van der Waals surface area contributed by atoms with E-state index in [1.807, 2.05) is 0 Å². The van der Waals surface area contributed by atoms with E-state index >= 15 is 0 Å². The third-order valence-electron chi connectivity index (χ3n) is 4.05. The Hall–Kier alpha value is 0. The monoisotopic (exact) mass is 182 g/mol. The highest BCUT2D eigenvalue weighted by Gasteiger charge is 2.18. The van der Waals surface area contributed by atoms with Gasteiger partial charge in [0.25, 0.3) is 0 Å². The molecule has 1 aliphatic carbocycles. The Morgan fingerprint density at radius 2 is 1.62 bits per heavy atom. The van der Waals surface area contributed by atoms with Crippen molar-refractivity contribution in [3.05, 3.63) is 0 Å². The van der Waals surface area contributed by atoms with Crippen molar-refractivity contribution >= 4 is 0 Å². The van der Waals surface area contributed by atoms with E-state index in [1.54, 1.807) is 0 Å². The lowest BCUT2D eigenvalue weighted by Crippen LogP contribution is -2.15. The molecule has 0 aromatic carbocycles. The van der Waals surface area contributed by atoms with E-state index in [1.165, 1.54) is 44.9 Å². The van der Waals surface area contributed by atoms with Crippen molar-refractivity contribution in [3.8, 4) is 0 Å². The van der Waals surface area contributed by atoms with Gasteiger partial charge in [0.15, 0.2) is 0 Å². The standard InChI is InChI=1S/C13H26/c1-4-11(2)12(3)10-13-8-6-5-7-9-13/h11-13H,4-10H2,1-3H3/t11-,12+/m1/s1. The van der Waals surface area contributed by atoms with Crippen molar-refractivity contribution in [1.82, 2.24) is 0 Å². The molecule has 0 nitrogen and oxygen atoms in total. The van der Waals surface area contributed by atoms with E-state index in [-0.39, 0.29) is 0 Å². The van der Waals surface area contributed by atoms with Gasteiger partial charge in [-0.25, -0.2) is 0 Å². The summed E-state index contributed by atoms with van der Waals surface area (Å²) in [6, 6.07) is 0. The minimum Gasteiger partial charge on any atom is -0.0651 e. The molecule has 1 aliphatic rings. The van der Waals surface area contributed by atoms with Crippen LogP contribution in [-0.4, -0.2) is 0 Å². The number of rotatable bonds is 4. The average Bonchev–Trinajstić information content (AvgIpc) is 2.18. The summed E-state index contributed by atoms with van der Waals surface area (Å²) in [5.41, 5.74) is 0. The normalized spacial score (nSPS) is 24.2. The fraction of sp³-hybridized carbons (Fsp3) is 1.00. The smallest absolute Gasteiger partial charge is 0.0412 e. The summed E-state index contributed by atoms with van der Waals surface area (Å²) in [5, 5.41) is 0. The molecule has 1 rings (SSSR count). The van der Waals surface area contributed by atoms with Crippen LogP contribution >= 0.6 is 0 Å². The Kier molecular flexibility index (Phi) is 4.83. The van der Waals surface area contributed by atoms with Crippen molar-refractivity contribution in [1.29, 1.82) is 0 Å². The van der Waals surface area contributed by atoms with Gasteiger partial charge in [-0.2, -0.15) is 0 Å². The first-order valence-corrected chi connectivity index (χ1v) is 6.24. The van der Waals surface area contributed by atoms with Crippen LogP contribution < -0.4 is 0 Å². The topological polar surface area (TPSA) is 0 Å². The zero-order valence-corrected chi connectivity index (χ0v) is 9.68. The van der Waals surface area contributed by atoms with Crippen LogP contribution in [0.1, 0.15) is 65.7 Å². The van der Waals surface area contributed by atoms with Crippen molar-refractivity contribution in [2.45, 2.75) is 65.7 Å². The fourth-order valence-corrected chi connectivity index (χ4v) is 2.58. The number of hydrogen-bond acceptors (Lipinski definition) is 0. The average molecular weight is 182 g/mol. The predicted octanol–water partition coefficient (Wildman–Crippen LogP) is 4.64. The van der Waals surface area contributed by atoms with Gasteiger partial charge in [0, 0.05) is 0 Å². The second kappa shape index (κ2) is 5.67. The SMILES string of the molecule is CC[C@@H](C)[C@@H](C)CC1CCCCC1. The molecule has 0 aromatic heterocycles.